The first kappa shape index (κ1) is 20.8. The molecule has 142 valence electrons. The molecular formula is C18H30BrN3O2S. The van der Waals surface area contributed by atoms with Crippen molar-refractivity contribution in [2.75, 3.05) is 26.2 Å². The Labute approximate surface area is 160 Å². The summed E-state index contributed by atoms with van der Waals surface area (Å²) in [7, 11) is -3.39. The maximum absolute atomic E-state index is 12.1. The molecule has 1 aromatic rings. The topological polar surface area (TPSA) is 70.2 Å². The van der Waals surface area contributed by atoms with E-state index >= 15 is 0 Å². The van der Waals surface area contributed by atoms with Crippen molar-refractivity contribution in [2.45, 2.75) is 55.9 Å². The van der Waals surface area contributed by atoms with Gasteiger partial charge in [-0.2, -0.15) is 0 Å². The zero-order chi connectivity index (χ0) is 18.0. The molecule has 0 unspecified atom stereocenters. The molecule has 3 N–H and O–H groups in total. The quantitative estimate of drug-likeness (QED) is 0.470. The van der Waals surface area contributed by atoms with Gasteiger partial charge < -0.3 is 10.6 Å². The van der Waals surface area contributed by atoms with E-state index in [-0.39, 0.29) is 0 Å². The van der Waals surface area contributed by atoms with E-state index in [1.807, 2.05) is 0 Å². The summed E-state index contributed by atoms with van der Waals surface area (Å²) in [6.07, 6.45) is 8.55. The highest BCUT2D eigenvalue weighted by Crippen LogP contribution is 2.17. The standard InChI is InChI=1S/C18H30BrN3O2S/c19-16-8-10-18(11-9-16)25(23,24)22-13-5-4-12-20-14-15-21-17-6-2-1-3-7-17/h8-11,17,20-22H,1-7,12-15H2. The van der Waals surface area contributed by atoms with Crippen molar-refractivity contribution in [1.29, 1.82) is 0 Å². The lowest BCUT2D eigenvalue weighted by atomic mass is 9.95. The summed E-state index contributed by atoms with van der Waals surface area (Å²) in [4.78, 5) is 0.308. The zero-order valence-electron chi connectivity index (χ0n) is 14.8. The number of rotatable bonds is 11. The van der Waals surface area contributed by atoms with Gasteiger partial charge in [-0.05, 0) is 56.5 Å². The predicted octanol–water partition coefficient (Wildman–Crippen LogP) is 3.02. The van der Waals surface area contributed by atoms with Crippen molar-refractivity contribution in [3.8, 4) is 0 Å². The molecule has 0 bridgehead atoms. The molecule has 0 aromatic heterocycles. The molecule has 0 spiro atoms. The molecule has 1 aliphatic rings. The van der Waals surface area contributed by atoms with Gasteiger partial charge in [-0.3, -0.25) is 0 Å². The van der Waals surface area contributed by atoms with Gasteiger partial charge in [0.2, 0.25) is 10.0 Å². The van der Waals surface area contributed by atoms with Crippen molar-refractivity contribution < 1.29 is 8.42 Å². The van der Waals surface area contributed by atoms with Gasteiger partial charge in [0.15, 0.2) is 0 Å². The van der Waals surface area contributed by atoms with Crippen LogP contribution in [0.2, 0.25) is 0 Å². The summed E-state index contributed by atoms with van der Waals surface area (Å²) in [5, 5.41) is 7.02. The number of halogens is 1. The summed E-state index contributed by atoms with van der Waals surface area (Å²) >= 11 is 3.31. The minimum absolute atomic E-state index is 0.308. The molecular weight excluding hydrogens is 402 g/mol. The third kappa shape index (κ3) is 8.17. The molecule has 2 rings (SSSR count). The third-order valence-electron chi connectivity index (χ3n) is 4.54. The molecule has 5 nitrogen and oxygen atoms in total. The molecule has 7 heteroatoms. The average Bonchev–Trinajstić information content (AvgIpc) is 2.61. The summed E-state index contributed by atoms with van der Waals surface area (Å²) in [6, 6.07) is 7.39. The average molecular weight is 432 g/mol. The SMILES string of the molecule is O=S(=O)(NCCCCNCCNC1CCCCC1)c1ccc(Br)cc1. The fraction of sp³-hybridized carbons (Fsp3) is 0.667. The highest BCUT2D eigenvalue weighted by Gasteiger charge is 2.13. The van der Waals surface area contributed by atoms with E-state index in [9.17, 15) is 8.42 Å². The Balaban J connectivity index is 1.48. The molecule has 0 heterocycles. The van der Waals surface area contributed by atoms with Crippen LogP contribution in [0.1, 0.15) is 44.9 Å². The van der Waals surface area contributed by atoms with E-state index in [4.69, 9.17) is 0 Å². The van der Waals surface area contributed by atoms with Gasteiger partial charge in [0, 0.05) is 30.1 Å². The molecule has 1 saturated carbocycles. The number of nitrogens with one attached hydrogen (secondary N) is 3. The van der Waals surface area contributed by atoms with Gasteiger partial charge in [-0.15, -0.1) is 0 Å². The molecule has 1 aromatic carbocycles. The van der Waals surface area contributed by atoms with Crippen molar-refractivity contribution in [3.63, 3.8) is 0 Å². The fourth-order valence-corrected chi connectivity index (χ4v) is 4.41. The van der Waals surface area contributed by atoms with E-state index in [1.54, 1.807) is 24.3 Å². The van der Waals surface area contributed by atoms with E-state index in [1.165, 1.54) is 32.1 Å². The summed E-state index contributed by atoms with van der Waals surface area (Å²) < 4.78 is 27.8. The smallest absolute Gasteiger partial charge is 0.240 e. The molecule has 0 aliphatic heterocycles. The minimum Gasteiger partial charge on any atom is -0.315 e. The molecule has 0 radical (unpaired) electrons. The van der Waals surface area contributed by atoms with Crippen LogP contribution >= 0.6 is 15.9 Å². The molecule has 25 heavy (non-hydrogen) atoms. The number of unbranched alkanes of at least 4 members (excludes halogenated alkanes) is 1. The number of sulfonamides is 1. The molecule has 0 saturated heterocycles. The highest BCUT2D eigenvalue weighted by atomic mass is 79.9. The molecule has 1 fully saturated rings. The Morgan fingerprint density at radius 2 is 1.60 bits per heavy atom. The Hall–Kier alpha value is -0.470. The van der Waals surface area contributed by atoms with Crippen molar-refractivity contribution >= 4 is 26.0 Å². The number of benzene rings is 1. The predicted molar refractivity (Wildman–Crippen MR) is 106 cm³/mol. The largest absolute Gasteiger partial charge is 0.315 e. The molecule has 0 amide bonds. The van der Waals surface area contributed by atoms with Gasteiger partial charge in [0.05, 0.1) is 4.90 Å². The van der Waals surface area contributed by atoms with Crippen molar-refractivity contribution in [1.82, 2.24) is 15.4 Å². The second-order valence-corrected chi connectivity index (χ2v) is 9.28. The normalized spacial score (nSPS) is 16.2. The second-order valence-electron chi connectivity index (χ2n) is 6.60. The van der Waals surface area contributed by atoms with Crippen LogP contribution in [0, 0.1) is 0 Å². The van der Waals surface area contributed by atoms with Crippen molar-refractivity contribution in [2.24, 2.45) is 0 Å². The second kappa shape index (κ2) is 11.3. The van der Waals surface area contributed by atoms with E-state index in [2.05, 4.69) is 31.3 Å². The van der Waals surface area contributed by atoms with Crippen LogP contribution in [-0.4, -0.2) is 40.6 Å². The fourth-order valence-electron chi connectivity index (χ4n) is 3.08. The van der Waals surface area contributed by atoms with E-state index in [0.29, 0.717) is 17.5 Å². The lowest BCUT2D eigenvalue weighted by Crippen LogP contribution is -2.36. The monoisotopic (exact) mass is 431 g/mol. The third-order valence-corrected chi connectivity index (χ3v) is 6.54. The highest BCUT2D eigenvalue weighted by molar-refractivity contribution is 9.10. The first-order chi connectivity index (χ1) is 12.1. The van der Waals surface area contributed by atoms with Gasteiger partial charge in [0.25, 0.3) is 0 Å². The minimum atomic E-state index is -3.39. The molecule has 0 atom stereocenters. The van der Waals surface area contributed by atoms with Crippen LogP contribution in [0.5, 0.6) is 0 Å². The van der Waals surface area contributed by atoms with Crippen LogP contribution in [0.3, 0.4) is 0 Å². The first-order valence-electron chi connectivity index (χ1n) is 9.27. The Kier molecular flexibility index (Phi) is 9.41. The van der Waals surface area contributed by atoms with E-state index < -0.39 is 10.0 Å². The lowest BCUT2D eigenvalue weighted by molar-refractivity contribution is 0.372. The Bertz CT molecular complexity index is 587. The maximum atomic E-state index is 12.1. The maximum Gasteiger partial charge on any atom is 0.240 e. The van der Waals surface area contributed by atoms with Gasteiger partial charge in [-0.1, -0.05) is 35.2 Å². The van der Waals surface area contributed by atoms with Crippen molar-refractivity contribution in [3.05, 3.63) is 28.7 Å². The van der Waals surface area contributed by atoms with E-state index in [0.717, 1.165) is 36.9 Å². The van der Waals surface area contributed by atoms with Gasteiger partial charge in [-0.25, -0.2) is 13.1 Å². The molecule has 1 aliphatic carbocycles. The summed E-state index contributed by atoms with van der Waals surface area (Å²) in [6.45, 7) is 3.38. The van der Waals surface area contributed by atoms with Crippen LogP contribution < -0.4 is 15.4 Å². The summed E-state index contributed by atoms with van der Waals surface area (Å²) in [5.74, 6) is 0. The first-order valence-corrected chi connectivity index (χ1v) is 11.5. The Morgan fingerprint density at radius 1 is 0.920 bits per heavy atom. The van der Waals surface area contributed by atoms with Crippen LogP contribution in [0.25, 0.3) is 0 Å². The number of hydrogen-bond acceptors (Lipinski definition) is 4. The van der Waals surface area contributed by atoms with Gasteiger partial charge in [0.1, 0.15) is 0 Å². The van der Waals surface area contributed by atoms with Gasteiger partial charge >= 0.3 is 0 Å². The Morgan fingerprint density at radius 3 is 2.32 bits per heavy atom. The summed E-state index contributed by atoms with van der Waals surface area (Å²) in [5.41, 5.74) is 0. The van der Waals surface area contributed by atoms with Crippen LogP contribution in [-0.2, 0) is 10.0 Å². The van der Waals surface area contributed by atoms with Crippen LogP contribution in [0.4, 0.5) is 0 Å². The zero-order valence-corrected chi connectivity index (χ0v) is 17.2. The lowest BCUT2D eigenvalue weighted by Gasteiger charge is -2.22. The van der Waals surface area contributed by atoms with Crippen LogP contribution in [0.15, 0.2) is 33.6 Å². The number of hydrogen-bond donors (Lipinski definition) is 3.